The number of ether oxygens (including phenoxy) is 3. The third-order valence-electron chi connectivity index (χ3n) is 5.17. The maximum atomic E-state index is 6.03. The highest BCUT2D eigenvalue weighted by Gasteiger charge is 2.26. The fraction of sp³-hybridized carbons (Fsp3) is 0.261. The first-order valence-corrected chi connectivity index (χ1v) is 9.69. The van der Waals surface area contributed by atoms with E-state index in [-0.39, 0.29) is 6.04 Å². The first-order valence-electron chi connectivity index (χ1n) is 9.69. The summed E-state index contributed by atoms with van der Waals surface area (Å²) in [6.07, 6.45) is 2.96. The Morgan fingerprint density at radius 2 is 1.82 bits per heavy atom. The monoisotopic (exact) mass is 374 g/mol. The van der Waals surface area contributed by atoms with Crippen LogP contribution in [0.2, 0.25) is 0 Å². The zero-order chi connectivity index (χ0) is 18.9. The van der Waals surface area contributed by atoms with E-state index in [1.165, 1.54) is 0 Å². The topological polar surface area (TPSA) is 45.0 Å². The lowest BCUT2D eigenvalue weighted by Crippen LogP contribution is -2.17. The summed E-state index contributed by atoms with van der Waals surface area (Å²) in [5, 5.41) is 0. The predicted molar refractivity (Wildman–Crippen MR) is 108 cm³/mol. The summed E-state index contributed by atoms with van der Waals surface area (Å²) in [6.45, 7) is 3.74. The molecule has 2 aliphatic heterocycles. The van der Waals surface area contributed by atoms with E-state index < -0.39 is 0 Å². The van der Waals surface area contributed by atoms with E-state index in [0.717, 1.165) is 46.3 Å². The summed E-state index contributed by atoms with van der Waals surface area (Å²) in [7, 11) is 0. The third-order valence-corrected chi connectivity index (χ3v) is 5.17. The van der Waals surface area contributed by atoms with Crippen LogP contribution in [0.25, 0.3) is 5.69 Å². The molecule has 0 saturated carbocycles. The molecule has 0 bridgehead atoms. The highest BCUT2D eigenvalue weighted by molar-refractivity contribution is 6.01. The van der Waals surface area contributed by atoms with Crippen molar-refractivity contribution in [1.82, 2.24) is 4.57 Å². The van der Waals surface area contributed by atoms with E-state index in [2.05, 4.69) is 35.9 Å². The largest absolute Gasteiger partial charge is 0.487 e. The van der Waals surface area contributed by atoms with Gasteiger partial charge in [0, 0.05) is 17.8 Å². The molecular formula is C23H22N2O3. The first kappa shape index (κ1) is 16.9. The Kier molecular flexibility index (Phi) is 4.28. The zero-order valence-corrected chi connectivity index (χ0v) is 15.8. The fourth-order valence-corrected chi connectivity index (χ4v) is 3.81. The second-order valence-electron chi connectivity index (χ2n) is 6.92. The Morgan fingerprint density at radius 3 is 2.61 bits per heavy atom. The molecule has 0 amide bonds. The van der Waals surface area contributed by atoms with Crippen LogP contribution >= 0.6 is 0 Å². The van der Waals surface area contributed by atoms with Crippen LogP contribution in [0.1, 0.15) is 30.6 Å². The molecule has 5 rings (SSSR count). The number of benzene rings is 2. The van der Waals surface area contributed by atoms with Crippen molar-refractivity contribution in [2.75, 3.05) is 19.8 Å². The molecule has 142 valence electrons. The Hall–Kier alpha value is -3.21. The number of aromatic nitrogens is 1. The van der Waals surface area contributed by atoms with E-state index >= 15 is 0 Å². The van der Waals surface area contributed by atoms with E-state index in [0.29, 0.717) is 19.8 Å². The molecule has 0 fully saturated rings. The van der Waals surface area contributed by atoms with E-state index in [4.69, 9.17) is 19.2 Å². The summed E-state index contributed by atoms with van der Waals surface area (Å²) in [5.74, 6) is 2.44. The van der Waals surface area contributed by atoms with Gasteiger partial charge in [0.15, 0.2) is 11.5 Å². The minimum absolute atomic E-state index is 0.0418. The average molecular weight is 374 g/mol. The normalized spacial score (nSPS) is 17.2. The van der Waals surface area contributed by atoms with Crippen molar-refractivity contribution in [3.05, 3.63) is 72.1 Å². The van der Waals surface area contributed by atoms with Crippen LogP contribution in [0.5, 0.6) is 17.2 Å². The van der Waals surface area contributed by atoms with Crippen LogP contribution in [0, 0.1) is 0 Å². The van der Waals surface area contributed by atoms with Gasteiger partial charge >= 0.3 is 0 Å². The second kappa shape index (κ2) is 7.08. The number of hydrogen-bond acceptors (Lipinski definition) is 4. The summed E-state index contributed by atoms with van der Waals surface area (Å²) < 4.78 is 19.8. The molecule has 3 heterocycles. The van der Waals surface area contributed by atoms with Crippen molar-refractivity contribution in [3.8, 4) is 22.9 Å². The standard InChI is InChI=1S/C23H22N2O3/c1-2-18-17-13-22-23(27-12-11-26-22)14-21(17)25-10-6-9-20(25)19(24-18)15-28-16-7-4-3-5-8-16/h3-10,13-14,18H,2,11-12,15H2,1H3/t18-/m0/s1. The molecular weight excluding hydrogens is 352 g/mol. The predicted octanol–water partition coefficient (Wildman–Crippen LogP) is 4.58. The molecule has 5 nitrogen and oxygen atoms in total. The molecule has 2 aliphatic rings. The Balaban J connectivity index is 1.57. The Bertz CT molecular complexity index is 1020. The number of aliphatic imine (C=N–C) groups is 1. The SMILES string of the molecule is CC[C@@H]1N=C(COc2ccccc2)c2cccn2-c2cc3c(cc21)OCCO3. The molecule has 3 aromatic rings. The molecule has 0 radical (unpaired) electrons. The molecule has 0 saturated heterocycles. The fourth-order valence-electron chi connectivity index (χ4n) is 3.81. The summed E-state index contributed by atoms with van der Waals surface area (Å²) in [4.78, 5) is 5.09. The number of fused-ring (bicyclic) bond motifs is 4. The lowest BCUT2D eigenvalue weighted by molar-refractivity contribution is 0.171. The van der Waals surface area contributed by atoms with Crippen molar-refractivity contribution in [1.29, 1.82) is 0 Å². The van der Waals surface area contributed by atoms with Crippen molar-refractivity contribution < 1.29 is 14.2 Å². The van der Waals surface area contributed by atoms with Crippen LogP contribution < -0.4 is 14.2 Å². The molecule has 0 N–H and O–H groups in total. The molecule has 1 atom stereocenters. The van der Waals surface area contributed by atoms with Crippen LogP contribution in [-0.2, 0) is 0 Å². The minimum Gasteiger partial charge on any atom is -0.487 e. The number of hydrogen-bond donors (Lipinski definition) is 0. The third kappa shape index (κ3) is 2.93. The van der Waals surface area contributed by atoms with Crippen molar-refractivity contribution in [2.24, 2.45) is 4.99 Å². The van der Waals surface area contributed by atoms with Crippen molar-refractivity contribution in [2.45, 2.75) is 19.4 Å². The van der Waals surface area contributed by atoms with Gasteiger partial charge in [0.25, 0.3) is 0 Å². The quantitative estimate of drug-likeness (QED) is 0.671. The van der Waals surface area contributed by atoms with Gasteiger partial charge in [-0.1, -0.05) is 25.1 Å². The Morgan fingerprint density at radius 1 is 1.04 bits per heavy atom. The minimum atomic E-state index is 0.0418. The van der Waals surface area contributed by atoms with Gasteiger partial charge < -0.3 is 18.8 Å². The summed E-state index contributed by atoms with van der Waals surface area (Å²) >= 11 is 0. The van der Waals surface area contributed by atoms with Gasteiger partial charge in [0.2, 0.25) is 0 Å². The average Bonchev–Trinajstić information content (AvgIpc) is 3.19. The van der Waals surface area contributed by atoms with Gasteiger partial charge in [-0.15, -0.1) is 0 Å². The number of para-hydroxylation sites is 1. The van der Waals surface area contributed by atoms with Crippen LogP contribution in [0.4, 0.5) is 0 Å². The molecule has 0 aliphatic carbocycles. The van der Waals surface area contributed by atoms with Gasteiger partial charge in [-0.05, 0) is 36.8 Å². The highest BCUT2D eigenvalue weighted by Crippen LogP contribution is 2.41. The van der Waals surface area contributed by atoms with Gasteiger partial charge in [0.05, 0.1) is 23.1 Å². The zero-order valence-electron chi connectivity index (χ0n) is 15.8. The molecule has 1 aromatic heterocycles. The highest BCUT2D eigenvalue weighted by atomic mass is 16.6. The van der Waals surface area contributed by atoms with E-state index in [9.17, 15) is 0 Å². The van der Waals surface area contributed by atoms with Gasteiger partial charge in [0.1, 0.15) is 25.6 Å². The van der Waals surface area contributed by atoms with Crippen LogP contribution in [-0.4, -0.2) is 30.1 Å². The molecule has 0 spiro atoms. The van der Waals surface area contributed by atoms with E-state index in [1.54, 1.807) is 0 Å². The molecule has 2 aromatic carbocycles. The smallest absolute Gasteiger partial charge is 0.163 e. The van der Waals surface area contributed by atoms with Crippen LogP contribution in [0.3, 0.4) is 0 Å². The molecule has 0 unspecified atom stereocenters. The first-order chi connectivity index (χ1) is 13.8. The summed E-state index contributed by atoms with van der Waals surface area (Å²) in [6, 6.07) is 18.2. The second-order valence-corrected chi connectivity index (χ2v) is 6.92. The molecule has 5 heteroatoms. The maximum absolute atomic E-state index is 6.03. The lowest BCUT2D eigenvalue weighted by Gasteiger charge is -2.22. The van der Waals surface area contributed by atoms with Gasteiger partial charge in [-0.25, -0.2) is 0 Å². The van der Waals surface area contributed by atoms with Crippen LogP contribution in [0.15, 0.2) is 65.8 Å². The lowest BCUT2D eigenvalue weighted by atomic mass is 10.0. The van der Waals surface area contributed by atoms with Crippen molar-refractivity contribution in [3.63, 3.8) is 0 Å². The summed E-state index contributed by atoms with van der Waals surface area (Å²) in [5.41, 5.74) is 4.23. The number of rotatable bonds is 4. The van der Waals surface area contributed by atoms with Crippen molar-refractivity contribution >= 4 is 5.71 Å². The number of nitrogens with zero attached hydrogens (tertiary/aromatic N) is 2. The maximum Gasteiger partial charge on any atom is 0.163 e. The molecule has 28 heavy (non-hydrogen) atoms. The van der Waals surface area contributed by atoms with Gasteiger partial charge in [-0.3, -0.25) is 4.99 Å². The Labute approximate surface area is 164 Å². The van der Waals surface area contributed by atoms with E-state index in [1.807, 2.05) is 36.4 Å². The van der Waals surface area contributed by atoms with Gasteiger partial charge in [-0.2, -0.15) is 0 Å².